The van der Waals surface area contributed by atoms with E-state index in [9.17, 15) is 5.11 Å². The van der Waals surface area contributed by atoms with Crippen LogP contribution in [0, 0.1) is 0 Å². The Balaban J connectivity index is 2.15. The van der Waals surface area contributed by atoms with Crippen LogP contribution < -0.4 is 0 Å². The summed E-state index contributed by atoms with van der Waals surface area (Å²) >= 11 is 0. The first-order valence-corrected chi connectivity index (χ1v) is 4.97. The van der Waals surface area contributed by atoms with Gasteiger partial charge in [-0.1, -0.05) is 18.2 Å². The number of nitrogens with zero attached hydrogens (tertiary/aromatic N) is 2. The van der Waals surface area contributed by atoms with Crippen LogP contribution in [0.25, 0.3) is 0 Å². The Morgan fingerprint density at radius 3 is 3.14 bits per heavy atom. The standard InChI is InChI=1S/C11H12N2O/c14-11-8-4-1-2-5-9(8)12-10-6-3-7-13(10)11/h1-2,4-5,11,14H,3,6-7H2/t11-/m0/s1. The van der Waals surface area contributed by atoms with Gasteiger partial charge < -0.3 is 10.0 Å². The zero-order chi connectivity index (χ0) is 9.54. The Labute approximate surface area is 82.7 Å². The summed E-state index contributed by atoms with van der Waals surface area (Å²) in [5, 5.41) is 10.1. The first kappa shape index (κ1) is 8.00. The third-order valence-electron chi connectivity index (χ3n) is 2.89. The smallest absolute Gasteiger partial charge is 0.156 e. The van der Waals surface area contributed by atoms with Gasteiger partial charge in [-0.25, -0.2) is 4.99 Å². The van der Waals surface area contributed by atoms with Crippen LogP contribution >= 0.6 is 0 Å². The average molecular weight is 188 g/mol. The average Bonchev–Trinajstić information content (AvgIpc) is 2.66. The zero-order valence-electron chi connectivity index (χ0n) is 7.85. The van der Waals surface area contributed by atoms with Crippen molar-refractivity contribution in [1.82, 2.24) is 4.90 Å². The first-order chi connectivity index (χ1) is 6.86. The molecule has 0 aliphatic carbocycles. The molecule has 1 atom stereocenters. The number of aliphatic hydroxyl groups excluding tert-OH is 1. The highest BCUT2D eigenvalue weighted by Crippen LogP contribution is 2.36. The molecule has 0 amide bonds. The molecule has 1 aromatic rings. The van der Waals surface area contributed by atoms with Gasteiger partial charge in [0.25, 0.3) is 0 Å². The summed E-state index contributed by atoms with van der Waals surface area (Å²) in [6, 6.07) is 7.80. The monoisotopic (exact) mass is 188 g/mol. The Morgan fingerprint density at radius 1 is 1.36 bits per heavy atom. The maximum atomic E-state index is 10.1. The number of amidine groups is 1. The number of benzene rings is 1. The van der Waals surface area contributed by atoms with E-state index in [2.05, 4.69) is 4.99 Å². The molecule has 3 heteroatoms. The van der Waals surface area contributed by atoms with Crippen LogP contribution in [0.3, 0.4) is 0 Å². The van der Waals surface area contributed by atoms with Crippen LogP contribution in [0.2, 0.25) is 0 Å². The second-order valence-electron chi connectivity index (χ2n) is 3.76. The number of aliphatic hydroxyl groups is 1. The zero-order valence-corrected chi connectivity index (χ0v) is 7.85. The van der Waals surface area contributed by atoms with E-state index in [-0.39, 0.29) is 0 Å². The van der Waals surface area contributed by atoms with E-state index in [1.165, 1.54) is 0 Å². The molecule has 14 heavy (non-hydrogen) atoms. The minimum atomic E-state index is -0.485. The fourth-order valence-corrected chi connectivity index (χ4v) is 2.18. The third-order valence-corrected chi connectivity index (χ3v) is 2.89. The minimum Gasteiger partial charge on any atom is -0.369 e. The van der Waals surface area contributed by atoms with Crippen molar-refractivity contribution < 1.29 is 5.11 Å². The van der Waals surface area contributed by atoms with Gasteiger partial charge in [-0.3, -0.25) is 0 Å². The van der Waals surface area contributed by atoms with E-state index in [4.69, 9.17) is 0 Å². The van der Waals surface area contributed by atoms with Crippen molar-refractivity contribution in [2.45, 2.75) is 19.1 Å². The van der Waals surface area contributed by atoms with Crippen molar-refractivity contribution in [3.63, 3.8) is 0 Å². The predicted molar refractivity (Wildman–Crippen MR) is 54.4 cm³/mol. The number of fused-ring (bicyclic) bond motifs is 2. The van der Waals surface area contributed by atoms with Crippen molar-refractivity contribution in [3.8, 4) is 0 Å². The van der Waals surface area contributed by atoms with Crippen LogP contribution in [0.15, 0.2) is 29.3 Å². The molecule has 72 valence electrons. The van der Waals surface area contributed by atoms with Crippen LogP contribution in [-0.2, 0) is 0 Å². The summed E-state index contributed by atoms with van der Waals surface area (Å²) in [4.78, 5) is 6.53. The van der Waals surface area contributed by atoms with E-state index in [1.807, 2.05) is 29.2 Å². The first-order valence-electron chi connectivity index (χ1n) is 4.97. The quantitative estimate of drug-likeness (QED) is 0.674. The summed E-state index contributed by atoms with van der Waals surface area (Å²) in [5.74, 6) is 1.04. The lowest BCUT2D eigenvalue weighted by atomic mass is 10.1. The SMILES string of the molecule is O[C@H]1c2ccccc2N=C2CCCN21. The van der Waals surface area contributed by atoms with Crippen LogP contribution in [0.4, 0.5) is 5.69 Å². The summed E-state index contributed by atoms with van der Waals surface area (Å²) < 4.78 is 0. The highest BCUT2D eigenvalue weighted by atomic mass is 16.3. The molecule has 2 heterocycles. The number of rotatable bonds is 0. The molecular formula is C11H12N2O. The fourth-order valence-electron chi connectivity index (χ4n) is 2.18. The molecule has 1 N–H and O–H groups in total. The number of hydrogen-bond acceptors (Lipinski definition) is 3. The minimum absolute atomic E-state index is 0.485. The van der Waals surface area contributed by atoms with Crippen molar-refractivity contribution in [3.05, 3.63) is 29.8 Å². The summed E-state index contributed by atoms with van der Waals surface area (Å²) in [5.41, 5.74) is 1.85. The van der Waals surface area contributed by atoms with Crippen LogP contribution in [0.1, 0.15) is 24.6 Å². The van der Waals surface area contributed by atoms with Gasteiger partial charge in [-0.05, 0) is 12.5 Å². The molecule has 0 aromatic heterocycles. The molecule has 1 fully saturated rings. The fraction of sp³-hybridized carbons (Fsp3) is 0.364. The lowest BCUT2D eigenvalue weighted by Gasteiger charge is -2.30. The molecular weight excluding hydrogens is 176 g/mol. The van der Waals surface area contributed by atoms with Crippen molar-refractivity contribution in [2.24, 2.45) is 4.99 Å². The Hall–Kier alpha value is -1.35. The van der Waals surface area contributed by atoms with E-state index < -0.39 is 6.23 Å². The second kappa shape index (κ2) is 2.82. The van der Waals surface area contributed by atoms with Gasteiger partial charge in [0.15, 0.2) is 6.23 Å². The van der Waals surface area contributed by atoms with E-state index in [0.29, 0.717) is 0 Å². The van der Waals surface area contributed by atoms with Gasteiger partial charge in [0.1, 0.15) is 5.84 Å². The van der Waals surface area contributed by atoms with E-state index in [1.54, 1.807) is 0 Å². The van der Waals surface area contributed by atoms with Gasteiger partial charge in [0.05, 0.1) is 5.69 Å². The van der Waals surface area contributed by atoms with Crippen molar-refractivity contribution in [1.29, 1.82) is 0 Å². The van der Waals surface area contributed by atoms with Gasteiger partial charge in [0.2, 0.25) is 0 Å². The summed E-state index contributed by atoms with van der Waals surface area (Å²) in [6.45, 7) is 0.925. The predicted octanol–water partition coefficient (Wildman–Crippen LogP) is 1.82. The lowest BCUT2D eigenvalue weighted by molar-refractivity contribution is 0.0576. The molecule has 0 saturated carbocycles. The molecule has 1 saturated heterocycles. The van der Waals surface area contributed by atoms with Gasteiger partial charge >= 0.3 is 0 Å². The molecule has 0 unspecified atom stereocenters. The highest BCUT2D eigenvalue weighted by Gasteiger charge is 2.30. The molecule has 3 nitrogen and oxygen atoms in total. The molecule has 3 rings (SSSR count). The number of aliphatic imine (C=N–C) groups is 1. The van der Waals surface area contributed by atoms with E-state index in [0.717, 1.165) is 36.5 Å². The van der Waals surface area contributed by atoms with E-state index >= 15 is 0 Å². The van der Waals surface area contributed by atoms with Gasteiger partial charge in [-0.2, -0.15) is 0 Å². The molecule has 1 aromatic carbocycles. The molecule has 2 aliphatic rings. The van der Waals surface area contributed by atoms with Crippen LogP contribution in [-0.4, -0.2) is 22.4 Å². The largest absolute Gasteiger partial charge is 0.369 e. The molecule has 0 radical (unpaired) electrons. The summed E-state index contributed by atoms with van der Waals surface area (Å²) in [6.07, 6.45) is 1.61. The van der Waals surface area contributed by atoms with Gasteiger partial charge in [0, 0.05) is 18.5 Å². The number of para-hydroxylation sites is 1. The third kappa shape index (κ3) is 0.990. The number of hydrogen-bond donors (Lipinski definition) is 1. The second-order valence-corrected chi connectivity index (χ2v) is 3.76. The summed E-state index contributed by atoms with van der Waals surface area (Å²) in [7, 11) is 0. The maximum Gasteiger partial charge on any atom is 0.156 e. The van der Waals surface area contributed by atoms with Gasteiger partial charge in [-0.15, -0.1) is 0 Å². The van der Waals surface area contributed by atoms with Crippen LogP contribution in [0.5, 0.6) is 0 Å². The Morgan fingerprint density at radius 2 is 2.21 bits per heavy atom. The molecule has 0 spiro atoms. The Bertz CT molecular complexity index is 400. The maximum absolute atomic E-state index is 10.1. The van der Waals surface area contributed by atoms with Crippen molar-refractivity contribution >= 4 is 11.5 Å². The molecule has 0 bridgehead atoms. The normalized spacial score (nSPS) is 24.2. The highest BCUT2D eigenvalue weighted by molar-refractivity contribution is 5.88. The van der Waals surface area contributed by atoms with Crippen molar-refractivity contribution in [2.75, 3.05) is 6.54 Å². The lowest BCUT2D eigenvalue weighted by Crippen LogP contribution is -2.32. The molecule has 2 aliphatic heterocycles. The topological polar surface area (TPSA) is 35.8 Å². The Kier molecular flexibility index (Phi) is 1.61.